The van der Waals surface area contributed by atoms with Gasteiger partial charge < -0.3 is 4.18 Å². The number of fused-ring (bicyclic) bond motifs is 1. The second-order valence-electron chi connectivity index (χ2n) is 6.81. The zero-order valence-corrected chi connectivity index (χ0v) is 18.7. The number of hydrogen-bond donors (Lipinski definition) is 0. The van der Waals surface area contributed by atoms with E-state index in [1.165, 1.54) is 24.3 Å². The van der Waals surface area contributed by atoms with E-state index in [-0.39, 0.29) is 21.8 Å². The molecule has 14 heteroatoms. The van der Waals surface area contributed by atoms with Gasteiger partial charge in [0.2, 0.25) is 5.88 Å². The molecular formula is C18H11Cl2F3N2O5S2. The lowest BCUT2D eigenvalue weighted by molar-refractivity contribution is -0.137. The SMILES string of the molecule is O=S1(=O)Cc2nn(-c3c(Cl)cc(C(F)(F)F)cc3Cl)c(OS(=O)(=O)c3ccccc3)c2C1. The summed E-state index contributed by atoms with van der Waals surface area (Å²) in [4.78, 5) is -0.230. The lowest BCUT2D eigenvalue weighted by atomic mass is 10.2. The molecule has 0 aliphatic carbocycles. The summed E-state index contributed by atoms with van der Waals surface area (Å²) in [5.41, 5.74) is -1.48. The second kappa shape index (κ2) is 7.65. The van der Waals surface area contributed by atoms with Crippen molar-refractivity contribution in [2.75, 3.05) is 0 Å². The Bertz CT molecular complexity index is 1410. The monoisotopic (exact) mass is 526 g/mol. The molecule has 7 nitrogen and oxygen atoms in total. The fourth-order valence-electron chi connectivity index (χ4n) is 3.13. The quantitative estimate of drug-likeness (QED) is 0.467. The highest BCUT2D eigenvalue weighted by Gasteiger charge is 2.37. The van der Waals surface area contributed by atoms with Crippen molar-refractivity contribution in [2.24, 2.45) is 0 Å². The standard InChI is InChI=1S/C18H11Cl2F3N2O5S2/c19-13-6-10(18(21,22)23)7-14(20)16(13)25-17(12-8-31(26,27)9-15(12)24-25)30-32(28,29)11-4-2-1-3-5-11/h1-7H,8-9H2. The molecule has 0 unspecified atom stereocenters. The van der Waals surface area contributed by atoms with Crippen LogP contribution in [-0.4, -0.2) is 26.6 Å². The first-order valence-electron chi connectivity index (χ1n) is 8.66. The Kier molecular flexibility index (Phi) is 5.47. The maximum atomic E-state index is 13.1. The predicted molar refractivity (Wildman–Crippen MR) is 109 cm³/mol. The Labute approximate surface area is 190 Å². The van der Waals surface area contributed by atoms with Crippen molar-refractivity contribution in [3.8, 4) is 11.6 Å². The number of rotatable bonds is 4. The topological polar surface area (TPSA) is 95.3 Å². The molecule has 4 rings (SSSR count). The van der Waals surface area contributed by atoms with Gasteiger partial charge in [0.1, 0.15) is 10.6 Å². The number of halogens is 5. The first kappa shape index (κ1) is 22.9. The van der Waals surface area contributed by atoms with Crippen molar-refractivity contribution >= 4 is 43.2 Å². The minimum absolute atomic E-state index is 0.0182. The van der Waals surface area contributed by atoms with Crippen molar-refractivity contribution in [3.05, 3.63) is 69.3 Å². The lowest BCUT2D eigenvalue weighted by Crippen LogP contribution is -2.15. The van der Waals surface area contributed by atoms with Crippen LogP contribution in [0.2, 0.25) is 10.0 Å². The molecule has 0 amide bonds. The van der Waals surface area contributed by atoms with E-state index < -0.39 is 59.1 Å². The number of aromatic nitrogens is 2. The third-order valence-electron chi connectivity index (χ3n) is 4.52. The smallest absolute Gasteiger partial charge is 0.358 e. The van der Waals surface area contributed by atoms with E-state index in [4.69, 9.17) is 27.4 Å². The van der Waals surface area contributed by atoms with Crippen LogP contribution < -0.4 is 4.18 Å². The molecule has 0 fully saturated rings. The lowest BCUT2D eigenvalue weighted by Gasteiger charge is -2.15. The normalized spacial score (nSPS) is 15.5. The fraction of sp³-hybridized carbons (Fsp3) is 0.167. The van der Waals surface area contributed by atoms with Crippen molar-refractivity contribution < 1.29 is 34.2 Å². The maximum Gasteiger partial charge on any atom is 0.416 e. The summed E-state index contributed by atoms with van der Waals surface area (Å²) in [5.74, 6) is -1.60. The molecular weight excluding hydrogens is 516 g/mol. The van der Waals surface area contributed by atoms with Gasteiger partial charge >= 0.3 is 16.3 Å². The highest BCUT2D eigenvalue weighted by molar-refractivity contribution is 7.90. The number of nitrogens with zero attached hydrogens (tertiary/aromatic N) is 2. The molecule has 0 N–H and O–H groups in total. The van der Waals surface area contributed by atoms with Crippen molar-refractivity contribution in [2.45, 2.75) is 22.6 Å². The van der Waals surface area contributed by atoms with Gasteiger partial charge in [0.25, 0.3) is 0 Å². The zero-order valence-electron chi connectivity index (χ0n) is 15.6. The van der Waals surface area contributed by atoms with Gasteiger partial charge in [-0.2, -0.15) is 31.4 Å². The Morgan fingerprint density at radius 3 is 2.19 bits per heavy atom. The minimum atomic E-state index is -4.73. The number of sulfone groups is 1. The Morgan fingerprint density at radius 2 is 1.62 bits per heavy atom. The summed E-state index contributed by atoms with van der Waals surface area (Å²) >= 11 is 12.1. The molecule has 3 aromatic rings. The molecule has 1 aliphatic heterocycles. The highest BCUT2D eigenvalue weighted by atomic mass is 35.5. The van der Waals surface area contributed by atoms with Gasteiger partial charge in [-0.25, -0.2) is 8.42 Å². The van der Waals surface area contributed by atoms with Gasteiger partial charge in [-0.15, -0.1) is 0 Å². The predicted octanol–water partition coefficient (Wildman–Crippen LogP) is 4.39. The number of hydrogen-bond acceptors (Lipinski definition) is 6. The average molecular weight is 527 g/mol. The van der Waals surface area contributed by atoms with Crippen LogP contribution in [0.1, 0.15) is 16.8 Å². The average Bonchev–Trinajstić information content (AvgIpc) is 3.13. The molecule has 0 atom stereocenters. The van der Waals surface area contributed by atoms with Crippen LogP contribution in [-0.2, 0) is 37.6 Å². The Hall–Kier alpha value is -2.28. The van der Waals surface area contributed by atoms with Crippen LogP contribution in [0.4, 0.5) is 13.2 Å². The molecule has 0 saturated carbocycles. The molecule has 0 spiro atoms. The molecule has 1 aromatic heterocycles. The minimum Gasteiger partial charge on any atom is -0.358 e. The molecule has 1 aliphatic rings. The summed E-state index contributed by atoms with van der Waals surface area (Å²) in [6.45, 7) is 0. The first-order valence-corrected chi connectivity index (χ1v) is 12.6. The van der Waals surface area contributed by atoms with Gasteiger partial charge in [0.15, 0.2) is 9.84 Å². The van der Waals surface area contributed by atoms with E-state index in [0.29, 0.717) is 12.1 Å². The van der Waals surface area contributed by atoms with Crippen molar-refractivity contribution in [1.29, 1.82) is 0 Å². The third-order valence-corrected chi connectivity index (χ3v) is 7.76. The number of alkyl halides is 3. The molecule has 170 valence electrons. The van der Waals surface area contributed by atoms with Gasteiger partial charge in [0, 0.05) is 0 Å². The largest absolute Gasteiger partial charge is 0.416 e. The van der Waals surface area contributed by atoms with Gasteiger partial charge in [0.05, 0.1) is 38.4 Å². The molecule has 0 saturated heterocycles. The van der Waals surface area contributed by atoms with E-state index in [1.807, 2.05) is 0 Å². The van der Waals surface area contributed by atoms with Gasteiger partial charge in [-0.3, -0.25) is 0 Å². The fourth-order valence-corrected chi connectivity index (χ4v) is 6.22. The van der Waals surface area contributed by atoms with Crippen LogP contribution in [0, 0.1) is 0 Å². The molecule has 2 heterocycles. The zero-order chi connectivity index (χ0) is 23.5. The molecule has 0 bridgehead atoms. The van der Waals surface area contributed by atoms with E-state index in [1.54, 1.807) is 6.07 Å². The molecule has 32 heavy (non-hydrogen) atoms. The maximum absolute atomic E-state index is 13.1. The molecule has 0 radical (unpaired) electrons. The van der Waals surface area contributed by atoms with Crippen LogP contribution in [0.15, 0.2) is 47.4 Å². The van der Waals surface area contributed by atoms with E-state index in [9.17, 15) is 30.0 Å². The Balaban J connectivity index is 1.91. The van der Waals surface area contributed by atoms with Gasteiger partial charge in [-0.1, -0.05) is 41.4 Å². The summed E-state index contributed by atoms with van der Waals surface area (Å²) in [5, 5.41) is 3.07. The van der Waals surface area contributed by atoms with E-state index >= 15 is 0 Å². The summed E-state index contributed by atoms with van der Waals surface area (Å²) in [6, 6.07) is 8.19. The van der Waals surface area contributed by atoms with Crippen LogP contribution in [0.3, 0.4) is 0 Å². The van der Waals surface area contributed by atoms with Crippen molar-refractivity contribution in [1.82, 2.24) is 9.78 Å². The van der Waals surface area contributed by atoms with Crippen molar-refractivity contribution in [3.63, 3.8) is 0 Å². The summed E-state index contributed by atoms with van der Waals surface area (Å²) < 4.78 is 94.9. The van der Waals surface area contributed by atoms with Crippen LogP contribution in [0.25, 0.3) is 5.69 Å². The first-order chi connectivity index (χ1) is 14.8. The van der Waals surface area contributed by atoms with Crippen LogP contribution in [0.5, 0.6) is 5.88 Å². The summed E-state index contributed by atoms with van der Waals surface area (Å²) in [6.07, 6.45) is -4.73. The van der Waals surface area contributed by atoms with E-state index in [0.717, 1.165) is 4.68 Å². The van der Waals surface area contributed by atoms with Crippen LogP contribution >= 0.6 is 23.2 Å². The Morgan fingerprint density at radius 1 is 1.03 bits per heavy atom. The highest BCUT2D eigenvalue weighted by Crippen LogP contribution is 2.42. The van der Waals surface area contributed by atoms with E-state index in [2.05, 4.69) is 5.10 Å². The number of benzene rings is 2. The molecule has 2 aromatic carbocycles. The third kappa shape index (κ3) is 4.19. The second-order valence-corrected chi connectivity index (χ2v) is 11.2. The van der Waals surface area contributed by atoms with Gasteiger partial charge in [-0.05, 0) is 24.3 Å². The summed E-state index contributed by atoms with van der Waals surface area (Å²) in [7, 11) is -8.07.